The van der Waals surface area contributed by atoms with E-state index >= 15 is 0 Å². The van der Waals surface area contributed by atoms with E-state index in [2.05, 4.69) is 0 Å². The van der Waals surface area contributed by atoms with Gasteiger partial charge in [0.15, 0.2) is 0 Å². The van der Waals surface area contributed by atoms with E-state index in [-0.39, 0.29) is 12.8 Å². The molecule has 0 heterocycles. The summed E-state index contributed by atoms with van der Waals surface area (Å²) in [7, 11) is 0. The summed E-state index contributed by atoms with van der Waals surface area (Å²) < 4.78 is 0. The Kier molecular flexibility index (Phi) is 7.40. The number of carboxylic acids is 4. The van der Waals surface area contributed by atoms with Gasteiger partial charge in [0.05, 0.1) is 23.7 Å². The molecule has 4 unspecified atom stereocenters. The Bertz CT molecular complexity index is 416. The van der Waals surface area contributed by atoms with Crippen LogP contribution in [0.15, 0.2) is 0 Å². The molecule has 0 fully saturated rings. The smallest absolute Gasteiger partial charge is 0.307 e. The highest BCUT2D eigenvalue weighted by molar-refractivity contribution is 5.81. The van der Waals surface area contributed by atoms with Crippen LogP contribution in [0.3, 0.4) is 0 Å². The molecule has 4 atom stereocenters. The van der Waals surface area contributed by atoms with Crippen molar-refractivity contribution in [3.8, 4) is 0 Å². The molecule has 0 aliphatic heterocycles. The van der Waals surface area contributed by atoms with Gasteiger partial charge in [-0.3, -0.25) is 19.2 Å². The van der Waals surface area contributed by atoms with Crippen molar-refractivity contribution in [1.29, 1.82) is 0 Å². The minimum atomic E-state index is -1.39. The highest BCUT2D eigenvalue weighted by Crippen LogP contribution is 2.28. The van der Waals surface area contributed by atoms with Gasteiger partial charge < -0.3 is 20.4 Å². The topological polar surface area (TPSA) is 149 Å². The van der Waals surface area contributed by atoms with Crippen LogP contribution in [0.25, 0.3) is 0 Å². The number of hydrogen-bond acceptors (Lipinski definition) is 4. The van der Waals surface area contributed by atoms with Crippen LogP contribution >= 0.6 is 0 Å². The Labute approximate surface area is 121 Å². The van der Waals surface area contributed by atoms with Crippen molar-refractivity contribution in [2.24, 2.45) is 23.7 Å². The number of aliphatic carboxylic acids is 4. The van der Waals surface area contributed by atoms with Crippen LogP contribution in [0.5, 0.6) is 0 Å². The molecule has 0 bridgehead atoms. The molecule has 4 N–H and O–H groups in total. The highest BCUT2D eigenvalue weighted by Gasteiger charge is 2.37. The molecule has 0 radical (unpaired) electrons. The third-order valence-corrected chi connectivity index (χ3v) is 3.51. The number of rotatable bonds is 10. The van der Waals surface area contributed by atoms with Gasteiger partial charge in [-0.05, 0) is 19.3 Å². The van der Waals surface area contributed by atoms with Crippen LogP contribution in [0.2, 0.25) is 0 Å². The molecule has 0 amide bonds. The van der Waals surface area contributed by atoms with E-state index in [4.69, 9.17) is 20.4 Å². The van der Waals surface area contributed by atoms with Gasteiger partial charge in [-0.2, -0.15) is 0 Å². The molecule has 0 spiro atoms. The minimum Gasteiger partial charge on any atom is -0.481 e. The van der Waals surface area contributed by atoms with Crippen LogP contribution < -0.4 is 0 Å². The molecule has 0 saturated heterocycles. The summed E-state index contributed by atoms with van der Waals surface area (Å²) in [6.45, 7) is 2.83. The molecular weight excluding hydrogens is 284 g/mol. The largest absolute Gasteiger partial charge is 0.481 e. The zero-order valence-corrected chi connectivity index (χ0v) is 11.9. The third kappa shape index (κ3) is 5.80. The number of hydrogen-bond donors (Lipinski definition) is 4. The SMILES string of the molecule is CCC(C(=O)O)C(CC(CC(C)C(=O)O)C(=O)O)C(=O)O. The first-order chi connectivity index (χ1) is 9.61. The lowest BCUT2D eigenvalue weighted by Gasteiger charge is -2.23. The predicted octanol–water partition coefficient (Wildman–Crippen LogP) is 1.000. The predicted molar refractivity (Wildman–Crippen MR) is 69.7 cm³/mol. The van der Waals surface area contributed by atoms with Gasteiger partial charge in [0.1, 0.15) is 0 Å². The fraction of sp³-hybridized carbons (Fsp3) is 0.692. The van der Waals surface area contributed by atoms with E-state index in [1.165, 1.54) is 13.8 Å². The quantitative estimate of drug-likeness (QED) is 0.467. The summed E-state index contributed by atoms with van der Waals surface area (Å²) in [5, 5.41) is 36.0. The van der Waals surface area contributed by atoms with Crippen molar-refractivity contribution >= 4 is 23.9 Å². The molecule has 8 heteroatoms. The second-order valence-electron chi connectivity index (χ2n) is 5.04. The summed E-state index contributed by atoms with van der Waals surface area (Å²) >= 11 is 0. The van der Waals surface area contributed by atoms with E-state index in [1.54, 1.807) is 0 Å². The lowest BCUT2D eigenvalue weighted by molar-refractivity contribution is -0.156. The van der Waals surface area contributed by atoms with Gasteiger partial charge in [-0.25, -0.2) is 0 Å². The Morgan fingerprint density at radius 2 is 1.24 bits per heavy atom. The molecule has 21 heavy (non-hydrogen) atoms. The second kappa shape index (κ2) is 8.23. The molecule has 0 aliphatic rings. The van der Waals surface area contributed by atoms with E-state index in [0.717, 1.165) is 0 Å². The first kappa shape index (κ1) is 18.9. The summed E-state index contributed by atoms with van der Waals surface area (Å²) in [5.74, 6) is -9.94. The Morgan fingerprint density at radius 3 is 1.52 bits per heavy atom. The van der Waals surface area contributed by atoms with Crippen molar-refractivity contribution in [2.45, 2.75) is 33.1 Å². The first-order valence-electron chi connectivity index (χ1n) is 6.52. The van der Waals surface area contributed by atoms with Gasteiger partial charge in [-0.15, -0.1) is 0 Å². The third-order valence-electron chi connectivity index (χ3n) is 3.51. The Balaban J connectivity index is 5.16. The van der Waals surface area contributed by atoms with E-state index in [0.29, 0.717) is 0 Å². The number of carbonyl (C=O) groups is 4. The monoisotopic (exact) mass is 304 g/mol. The van der Waals surface area contributed by atoms with Gasteiger partial charge in [0.2, 0.25) is 0 Å². The van der Waals surface area contributed by atoms with Gasteiger partial charge in [0.25, 0.3) is 0 Å². The van der Waals surface area contributed by atoms with Crippen molar-refractivity contribution in [2.75, 3.05) is 0 Å². The Morgan fingerprint density at radius 1 is 0.762 bits per heavy atom. The lowest BCUT2D eigenvalue weighted by atomic mass is 9.80. The molecule has 0 aliphatic carbocycles. The maximum atomic E-state index is 11.2. The molecule has 8 nitrogen and oxygen atoms in total. The summed E-state index contributed by atoms with van der Waals surface area (Å²) in [4.78, 5) is 44.2. The van der Waals surface area contributed by atoms with Gasteiger partial charge in [0, 0.05) is 0 Å². The molecule has 0 saturated carbocycles. The lowest BCUT2D eigenvalue weighted by Crippen LogP contribution is -2.33. The normalized spacial score (nSPS) is 16.5. The average molecular weight is 304 g/mol. The fourth-order valence-electron chi connectivity index (χ4n) is 2.20. The summed E-state index contributed by atoms with van der Waals surface area (Å²) in [6, 6.07) is 0. The zero-order valence-electron chi connectivity index (χ0n) is 11.9. The van der Waals surface area contributed by atoms with Crippen molar-refractivity contribution in [3.05, 3.63) is 0 Å². The zero-order chi connectivity index (χ0) is 16.7. The molecule has 0 aromatic heterocycles. The van der Waals surface area contributed by atoms with Crippen LogP contribution in [-0.4, -0.2) is 44.3 Å². The maximum absolute atomic E-state index is 11.2. The summed E-state index contributed by atoms with van der Waals surface area (Å²) in [5.41, 5.74) is 0. The van der Waals surface area contributed by atoms with E-state index < -0.39 is 54.0 Å². The van der Waals surface area contributed by atoms with Crippen LogP contribution in [-0.2, 0) is 19.2 Å². The van der Waals surface area contributed by atoms with Crippen LogP contribution in [0, 0.1) is 23.7 Å². The van der Waals surface area contributed by atoms with Crippen molar-refractivity contribution < 1.29 is 39.6 Å². The van der Waals surface area contributed by atoms with Gasteiger partial charge >= 0.3 is 23.9 Å². The molecule has 0 aromatic carbocycles. The fourth-order valence-corrected chi connectivity index (χ4v) is 2.20. The van der Waals surface area contributed by atoms with Gasteiger partial charge in [-0.1, -0.05) is 13.8 Å². The average Bonchev–Trinajstić information content (AvgIpc) is 2.35. The number of carboxylic acid groups (broad SMARTS) is 4. The first-order valence-corrected chi connectivity index (χ1v) is 6.52. The van der Waals surface area contributed by atoms with Crippen LogP contribution in [0.1, 0.15) is 33.1 Å². The van der Waals surface area contributed by atoms with Crippen molar-refractivity contribution in [1.82, 2.24) is 0 Å². The van der Waals surface area contributed by atoms with E-state index in [1.807, 2.05) is 0 Å². The minimum absolute atomic E-state index is 0.0487. The van der Waals surface area contributed by atoms with E-state index in [9.17, 15) is 19.2 Å². The molecule has 0 rings (SSSR count). The summed E-state index contributed by atoms with van der Waals surface area (Å²) in [6.07, 6.45) is -0.606. The maximum Gasteiger partial charge on any atom is 0.307 e. The molecule has 0 aromatic rings. The Hall–Kier alpha value is -2.12. The molecule has 120 valence electrons. The van der Waals surface area contributed by atoms with Crippen LogP contribution in [0.4, 0.5) is 0 Å². The standard InChI is InChI=1S/C13H20O8/c1-3-8(12(18)19)9(13(20)21)5-7(11(16)17)4-6(2)10(14)15/h6-9H,3-5H2,1-2H3,(H,14,15)(H,16,17)(H,18,19)(H,20,21). The molecular formula is C13H20O8. The highest BCUT2D eigenvalue weighted by atomic mass is 16.4. The van der Waals surface area contributed by atoms with Crippen molar-refractivity contribution in [3.63, 3.8) is 0 Å². The second-order valence-corrected chi connectivity index (χ2v) is 5.04.